The number of hydrogen-bond acceptors (Lipinski definition) is 3. The van der Waals surface area contributed by atoms with E-state index in [0.717, 1.165) is 17.9 Å². The van der Waals surface area contributed by atoms with Gasteiger partial charge in [-0.3, -0.25) is 4.79 Å². The second kappa shape index (κ2) is 5.70. The topological polar surface area (TPSA) is 29.5 Å². The van der Waals surface area contributed by atoms with Gasteiger partial charge in [0.05, 0.1) is 7.11 Å². The van der Waals surface area contributed by atoms with Crippen molar-refractivity contribution in [3.05, 3.63) is 42.1 Å². The Kier molecular flexibility index (Phi) is 4.17. The Bertz CT molecular complexity index is 523. The van der Waals surface area contributed by atoms with Crippen molar-refractivity contribution in [1.29, 1.82) is 0 Å². The quantitative estimate of drug-likeness (QED) is 0.844. The smallest absolute Gasteiger partial charge is 0.131 e. The molecule has 0 amide bonds. The second-order valence-electron chi connectivity index (χ2n) is 5.81. The van der Waals surface area contributed by atoms with Crippen LogP contribution in [0.3, 0.4) is 0 Å². The summed E-state index contributed by atoms with van der Waals surface area (Å²) in [6.07, 6.45) is 4.80. The lowest BCUT2D eigenvalue weighted by Gasteiger charge is -2.42. The van der Waals surface area contributed by atoms with E-state index in [1.807, 2.05) is 12.1 Å². The highest BCUT2D eigenvalue weighted by molar-refractivity contribution is 5.78. The number of carbonyl (C=O) groups excluding carboxylic acids is 1. The molecule has 0 unspecified atom stereocenters. The molecule has 20 heavy (non-hydrogen) atoms. The maximum atomic E-state index is 11.8. The third-order valence-electron chi connectivity index (χ3n) is 4.22. The third-order valence-corrected chi connectivity index (χ3v) is 4.22. The van der Waals surface area contributed by atoms with Crippen molar-refractivity contribution in [2.24, 2.45) is 5.92 Å². The standard InChI is InChI=1S/C17H23NO2/c1-13-12-18(3)9-8-17(13,11-14(2)19)15-6-5-7-16(10-15)20-4/h5-10,13H,11-12H2,1-4H3/t13-,17-/m0/s1. The summed E-state index contributed by atoms with van der Waals surface area (Å²) < 4.78 is 5.33. The molecule has 1 aliphatic heterocycles. The van der Waals surface area contributed by atoms with Gasteiger partial charge in [0, 0.05) is 25.4 Å². The number of Topliss-reactive ketones (excluding diaryl/α,β-unsaturated/α-hetero) is 1. The van der Waals surface area contributed by atoms with Crippen LogP contribution in [0.25, 0.3) is 0 Å². The van der Waals surface area contributed by atoms with Crippen LogP contribution >= 0.6 is 0 Å². The first-order chi connectivity index (χ1) is 9.48. The number of ketones is 1. The minimum atomic E-state index is -0.229. The van der Waals surface area contributed by atoms with Crippen LogP contribution in [0.5, 0.6) is 5.75 Å². The summed E-state index contributed by atoms with van der Waals surface area (Å²) >= 11 is 0. The van der Waals surface area contributed by atoms with E-state index in [0.29, 0.717) is 12.3 Å². The molecule has 108 valence electrons. The van der Waals surface area contributed by atoms with E-state index in [2.05, 4.69) is 43.3 Å². The number of allylic oxidation sites excluding steroid dienone is 1. The van der Waals surface area contributed by atoms with E-state index < -0.39 is 0 Å². The number of nitrogens with zero attached hydrogens (tertiary/aromatic N) is 1. The monoisotopic (exact) mass is 273 g/mol. The number of ether oxygens (including phenoxy) is 1. The van der Waals surface area contributed by atoms with Gasteiger partial charge in [0.2, 0.25) is 0 Å². The lowest BCUT2D eigenvalue weighted by molar-refractivity contribution is -0.118. The summed E-state index contributed by atoms with van der Waals surface area (Å²) in [5, 5.41) is 0. The van der Waals surface area contributed by atoms with E-state index in [1.165, 1.54) is 0 Å². The van der Waals surface area contributed by atoms with Gasteiger partial charge in [-0.15, -0.1) is 0 Å². The molecule has 0 aliphatic carbocycles. The molecule has 2 atom stereocenters. The normalized spacial score (nSPS) is 25.6. The highest BCUT2D eigenvalue weighted by Crippen LogP contribution is 2.41. The Morgan fingerprint density at radius 1 is 1.50 bits per heavy atom. The minimum absolute atomic E-state index is 0.217. The molecule has 0 spiro atoms. The largest absolute Gasteiger partial charge is 0.497 e. The average molecular weight is 273 g/mol. The molecular formula is C17H23NO2. The van der Waals surface area contributed by atoms with Gasteiger partial charge in [0.15, 0.2) is 0 Å². The molecule has 0 N–H and O–H groups in total. The van der Waals surface area contributed by atoms with E-state index >= 15 is 0 Å². The summed E-state index contributed by atoms with van der Waals surface area (Å²) in [4.78, 5) is 14.0. The lowest BCUT2D eigenvalue weighted by Crippen LogP contribution is -2.42. The summed E-state index contributed by atoms with van der Waals surface area (Å²) in [5.74, 6) is 1.42. The van der Waals surface area contributed by atoms with Gasteiger partial charge in [-0.1, -0.05) is 25.1 Å². The summed E-state index contributed by atoms with van der Waals surface area (Å²) in [5.41, 5.74) is 0.927. The van der Waals surface area contributed by atoms with Crippen molar-refractivity contribution in [3.8, 4) is 5.75 Å². The number of methoxy groups -OCH3 is 1. The van der Waals surface area contributed by atoms with E-state index in [-0.39, 0.29) is 11.2 Å². The van der Waals surface area contributed by atoms with Gasteiger partial charge in [-0.05, 0) is 36.7 Å². The summed E-state index contributed by atoms with van der Waals surface area (Å²) in [6, 6.07) is 8.08. The molecule has 3 heteroatoms. The van der Waals surface area contributed by atoms with Crippen molar-refractivity contribution in [1.82, 2.24) is 4.90 Å². The molecule has 0 radical (unpaired) electrons. The van der Waals surface area contributed by atoms with Crippen molar-refractivity contribution >= 4 is 5.78 Å². The van der Waals surface area contributed by atoms with Gasteiger partial charge in [-0.2, -0.15) is 0 Å². The molecule has 0 saturated carbocycles. The fraction of sp³-hybridized carbons (Fsp3) is 0.471. The van der Waals surface area contributed by atoms with Gasteiger partial charge >= 0.3 is 0 Å². The SMILES string of the molecule is COc1cccc([C@]2(CC(C)=O)C=CN(C)C[C@@H]2C)c1. The zero-order chi connectivity index (χ0) is 14.8. The average Bonchev–Trinajstić information content (AvgIpc) is 2.42. The van der Waals surface area contributed by atoms with E-state index in [1.54, 1.807) is 14.0 Å². The van der Waals surface area contributed by atoms with Crippen molar-refractivity contribution in [3.63, 3.8) is 0 Å². The highest BCUT2D eigenvalue weighted by atomic mass is 16.5. The van der Waals surface area contributed by atoms with Crippen LogP contribution in [0.1, 0.15) is 25.8 Å². The van der Waals surface area contributed by atoms with Crippen molar-refractivity contribution in [2.75, 3.05) is 20.7 Å². The molecular weight excluding hydrogens is 250 g/mol. The zero-order valence-corrected chi connectivity index (χ0v) is 12.7. The molecule has 2 rings (SSSR count). The number of benzene rings is 1. The van der Waals surface area contributed by atoms with Crippen LogP contribution < -0.4 is 4.74 Å². The first kappa shape index (κ1) is 14.6. The Hall–Kier alpha value is -1.77. The molecule has 0 aromatic heterocycles. The third kappa shape index (κ3) is 2.72. The number of hydrogen-bond donors (Lipinski definition) is 0. The Morgan fingerprint density at radius 3 is 2.85 bits per heavy atom. The van der Waals surface area contributed by atoms with Gasteiger partial charge in [-0.25, -0.2) is 0 Å². The predicted octanol–water partition coefficient (Wildman–Crippen LogP) is 3.01. The molecule has 1 aromatic carbocycles. The summed E-state index contributed by atoms with van der Waals surface area (Å²) in [7, 11) is 3.74. The van der Waals surface area contributed by atoms with E-state index in [9.17, 15) is 4.79 Å². The molecule has 0 saturated heterocycles. The van der Waals surface area contributed by atoms with Crippen LogP contribution in [0.2, 0.25) is 0 Å². The first-order valence-electron chi connectivity index (χ1n) is 7.01. The van der Waals surface area contributed by atoms with Crippen LogP contribution in [0.4, 0.5) is 0 Å². The molecule has 1 aromatic rings. The van der Waals surface area contributed by atoms with E-state index in [4.69, 9.17) is 4.74 Å². The minimum Gasteiger partial charge on any atom is -0.497 e. The van der Waals surface area contributed by atoms with Gasteiger partial charge in [0.25, 0.3) is 0 Å². The number of rotatable bonds is 4. The lowest BCUT2D eigenvalue weighted by atomic mass is 9.66. The molecule has 1 heterocycles. The van der Waals surface area contributed by atoms with Crippen molar-refractivity contribution < 1.29 is 9.53 Å². The van der Waals surface area contributed by atoms with Gasteiger partial charge < -0.3 is 9.64 Å². The summed E-state index contributed by atoms with van der Waals surface area (Å²) in [6.45, 7) is 4.82. The maximum absolute atomic E-state index is 11.8. The first-order valence-corrected chi connectivity index (χ1v) is 7.01. The predicted molar refractivity (Wildman–Crippen MR) is 80.9 cm³/mol. The Morgan fingerprint density at radius 2 is 2.25 bits per heavy atom. The van der Waals surface area contributed by atoms with Crippen LogP contribution in [0.15, 0.2) is 36.5 Å². The fourth-order valence-electron chi connectivity index (χ4n) is 3.12. The van der Waals surface area contributed by atoms with Crippen molar-refractivity contribution in [2.45, 2.75) is 25.7 Å². The molecule has 0 bridgehead atoms. The second-order valence-corrected chi connectivity index (χ2v) is 5.81. The highest BCUT2D eigenvalue weighted by Gasteiger charge is 2.39. The molecule has 0 fully saturated rings. The molecule has 3 nitrogen and oxygen atoms in total. The Balaban J connectivity index is 2.51. The van der Waals surface area contributed by atoms with Gasteiger partial charge in [0.1, 0.15) is 11.5 Å². The maximum Gasteiger partial charge on any atom is 0.131 e. The number of carbonyl (C=O) groups is 1. The zero-order valence-electron chi connectivity index (χ0n) is 12.7. The fourth-order valence-corrected chi connectivity index (χ4v) is 3.12. The Labute approximate surface area is 121 Å². The molecule has 1 aliphatic rings. The van der Waals surface area contributed by atoms with Crippen LogP contribution in [-0.4, -0.2) is 31.4 Å². The van der Waals surface area contributed by atoms with Crippen LogP contribution in [0, 0.1) is 5.92 Å². The van der Waals surface area contributed by atoms with Crippen LogP contribution in [-0.2, 0) is 10.2 Å².